The molecule has 0 aliphatic carbocycles. The van der Waals surface area contributed by atoms with Gasteiger partial charge in [-0.15, -0.1) is 0 Å². The van der Waals surface area contributed by atoms with Crippen molar-refractivity contribution in [2.45, 2.75) is 43.9 Å². The second kappa shape index (κ2) is 13.7. The van der Waals surface area contributed by atoms with E-state index in [1.807, 2.05) is 69.3 Å². The zero-order valence-corrected chi connectivity index (χ0v) is 25.4. The van der Waals surface area contributed by atoms with Crippen molar-refractivity contribution in [3.63, 3.8) is 0 Å². The van der Waals surface area contributed by atoms with Crippen molar-refractivity contribution in [3.8, 4) is 11.1 Å². The smallest absolute Gasteiger partial charge is 0.321 e. The average molecular weight is 601 g/mol. The summed E-state index contributed by atoms with van der Waals surface area (Å²) in [7, 11) is 0. The number of nitrogens with zero attached hydrogens (tertiary/aromatic N) is 4. The highest BCUT2D eigenvalue weighted by Gasteiger charge is 2.48. The number of carbonyl (C=O) groups is 2. The van der Waals surface area contributed by atoms with E-state index in [0.717, 1.165) is 27.8 Å². The Hall–Kier alpha value is -5.11. The van der Waals surface area contributed by atoms with Gasteiger partial charge in [0, 0.05) is 26.2 Å². The van der Waals surface area contributed by atoms with Gasteiger partial charge in [-0.25, -0.2) is 4.79 Å². The van der Waals surface area contributed by atoms with Crippen LogP contribution in [0.25, 0.3) is 11.1 Å². The minimum absolute atomic E-state index is 0.0247. The first-order chi connectivity index (χ1) is 22.0. The number of fused-ring (bicyclic) bond motifs is 1. The maximum Gasteiger partial charge on any atom is 0.321 e. The Labute approximate surface area is 265 Å². The fraction of sp³-hybridized carbons (Fsp3) is 0.270. The third kappa shape index (κ3) is 6.70. The third-order valence-corrected chi connectivity index (χ3v) is 8.83. The first-order valence-corrected chi connectivity index (χ1v) is 15.7. The maximum atomic E-state index is 14.6. The quantitative estimate of drug-likeness (QED) is 0.144. The van der Waals surface area contributed by atoms with Crippen LogP contribution in [0.15, 0.2) is 120 Å². The molecule has 2 aliphatic rings. The Balaban J connectivity index is 1.26. The van der Waals surface area contributed by atoms with Crippen LogP contribution in [-0.4, -0.2) is 64.3 Å². The summed E-state index contributed by atoms with van der Waals surface area (Å²) in [5.74, 6) is -0.0149. The molecule has 3 amide bonds. The summed E-state index contributed by atoms with van der Waals surface area (Å²) >= 11 is 0. The molecule has 2 unspecified atom stereocenters. The van der Waals surface area contributed by atoms with Crippen LogP contribution in [0.4, 0.5) is 4.79 Å². The van der Waals surface area contributed by atoms with Crippen LogP contribution >= 0.6 is 0 Å². The minimum atomic E-state index is -0.611. The highest BCUT2D eigenvalue weighted by molar-refractivity contribution is 5.89. The number of hydrogen-bond donors (Lipinski definition) is 2. The van der Waals surface area contributed by atoms with Crippen LogP contribution in [0.1, 0.15) is 42.0 Å². The lowest BCUT2D eigenvalue weighted by atomic mass is 9.96. The number of carbonyl (C=O) groups excluding carboxylic acids is 2. The molecule has 8 heteroatoms. The topological polar surface area (TPSA) is 108 Å². The SMILES string of the molecule is NC(N)=NCCCC1C(=O)N(C(c2ccccc2)c2ccccc2)CCC2CN(Cc3ccc(-c4ccccc4)cc3)C(=O)N21. The second-order valence-corrected chi connectivity index (χ2v) is 11.8. The fourth-order valence-corrected chi connectivity index (χ4v) is 6.69. The van der Waals surface area contributed by atoms with Crippen molar-refractivity contribution in [1.29, 1.82) is 0 Å². The zero-order chi connectivity index (χ0) is 31.2. The molecule has 4 aromatic rings. The Morgan fingerprint density at radius 2 is 1.36 bits per heavy atom. The number of rotatable bonds is 10. The van der Waals surface area contributed by atoms with Gasteiger partial charge >= 0.3 is 6.03 Å². The van der Waals surface area contributed by atoms with Crippen LogP contribution in [0.5, 0.6) is 0 Å². The molecule has 2 saturated heterocycles. The molecule has 45 heavy (non-hydrogen) atoms. The molecular formula is C37H40N6O2. The highest BCUT2D eigenvalue weighted by Crippen LogP contribution is 2.36. The normalized spacial score (nSPS) is 18.2. The lowest BCUT2D eigenvalue weighted by Gasteiger charge is -2.35. The van der Waals surface area contributed by atoms with Gasteiger partial charge in [-0.1, -0.05) is 115 Å². The molecule has 2 aliphatic heterocycles. The molecular weight excluding hydrogens is 560 g/mol. The fourth-order valence-electron chi connectivity index (χ4n) is 6.69. The third-order valence-electron chi connectivity index (χ3n) is 8.83. The van der Waals surface area contributed by atoms with Crippen molar-refractivity contribution in [2.24, 2.45) is 16.5 Å². The van der Waals surface area contributed by atoms with Crippen LogP contribution in [-0.2, 0) is 11.3 Å². The number of guanidine groups is 1. The van der Waals surface area contributed by atoms with Crippen molar-refractivity contribution in [3.05, 3.63) is 132 Å². The standard InChI is InChI=1S/C37H40N6O2/c38-36(39)40-23-10-17-33-35(44)42(34(30-13-6-2-7-14-30)31-15-8-3-9-16-31)24-22-32-26-41(37(45)43(32)33)25-27-18-20-29(21-19-27)28-11-4-1-5-12-28/h1-9,11-16,18-21,32-34H,10,17,22-26H2,(H4,38,39,40). The number of hydrogen-bond acceptors (Lipinski definition) is 3. The highest BCUT2D eigenvalue weighted by atomic mass is 16.2. The van der Waals surface area contributed by atoms with Gasteiger partial charge < -0.3 is 26.2 Å². The summed E-state index contributed by atoms with van der Waals surface area (Å²) in [4.78, 5) is 38.6. The van der Waals surface area contributed by atoms with E-state index in [0.29, 0.717) is 45.4 Å². The minimum Gasteiger partial charge on any atom is -0.370 e. The van der Waals surface area contributed by atoms with Crippen LogP contribution in [0.2, 0.25) is 0 Å². The summed E-state index contributed by atoms with van der Waals surface area (Å²) in [5.41, 5.74) is 16.6. The number of urea groups is 1. The first kappa shape index (κ1) is 29.9. The molecule has 0 radical (unpaired) electrons. The Morgan fingerprint density at radius 1 is 0.778 bits per heavy atom. The summed E-state index contributed by atoms with van der Waals surface area (Å²) in [6.07, 6.45) is 1.76. The molecule has 8 nitrogen and oxygen atoms in total. The molecule has 0 spiro atoms. The maximum absolute atomic E-state index is 14.6. The first-order valence-electron chi connectivity index (χ1n) is 15.7. The summed E-state index contributed by atoms with van der Waals surface area (Å²) in [6, 6.07) is 37.9. The van der Waals surface area contributed by atoms with Crippen LogP contribution < -0.4 is 11.5 Å². The Kier molecular flexibility index (Phi) is 9.10. The van der Waals surface area contributed by atoms with Crippen molar-refractivity contribution in [2.75, 3.05) is 19.6 Å². The van der Waals surface area contributed by atoms with E-state index in [1.165, 1.54) is 0 Å². The van der Waals surface area contributed by atoms with Gasteiger partial charge in [0.15, 0.2) is 5.96 Å². The van der Waals surface area contributed by atoms with Crippen molar-refractivity contribution >= 4 is 17.9 Å². The summed E-state index contributed by atoms with van der Waals surface area (Å²) < 4.78 is 0. The summed E-state index contributed by atoms with van der Waals surface area (Å²) in [5, 5.41) is 0. The lowest BCUT2D eigenvalue weighted by Crippen LogP contribution is -2.50. The molecule has 0 aromatic heterocycles. The molecule has 0 bridgehead atoms. The number of benzene rings is 4. The molecule has 230 valence electrons. The molecule has 2 fully saturated rings. The van der Waals surface area contributed by atoms with E-state index in [-0.39, 0.29) is 30.0 Å². The largest absolute Gasteiger partial charge is 0.370 e. The van der Waals surface area contributed by atoms with Gasteiger partial charge in [-0.2, -0.15) is 0 Å². The molecule has 2 atom stereocenters. The second-order valence-electron chi connectivity index (χ2n) is 11.8. The zero-order valence-electron chi connectivity index (χ0n) is 25.4. The number of nitrogens with two attached hydrogens (primary N) is 2. The molecule has 4 aromatic carbocycles. The van der Waals surface area contributed by atoms with Gasteiger partial charge in [0.05, 0.1) is 12.1 Å². The number of aliphatic imine (C=N–C) groups is 1. The van der Waals surface area contributed by atoms with E-state index in [2.05, 4.69) is 65.7 Å². The van der Waals surface area contributed by atoms with E-state index < -0.39 is 6.04 Å². The molecule has 4 N–H and O–H groups in total. The van der Waals surface area contributed by atoms with E-state index in [4.69, 9.17) is 11.5 Å². The molecule has 0 saturated carbocycles. The van der Waals surface area contributed by atoms with Crippen molar-refractivity contribution in [1.82, 2.24) is 14.7 Å². The van der Waals surface area contributed by atoms with Crippen LogP contribution in [0, 0.1) is 0 Å². The summed E-state index contributed by atoms with van der Waals surface area (Å²) in [6.45, 7) is 2.02. The van der Waals surface area contributed by atoms with E-state index >= 15 is 0 Å². The van der Waals surface area contributed by atoms with Gasteiger partial charge in [-0.3, -0.25) is 9.79 Å². The number of amides is 3. The van der Waals surface area contributed by atoms with Gasteiger partial charge in [0.2, 0.25) is 5.91 Å². The van der Waals surface area contributed by atoms with Crippen LogP contribution in [0.3, 0.4) is 0 Å². The Morgan fingerprint density at radius 3 is 1.96 bits per heavy atom. The monoisotopic (exact) mass is 600 g/mol. The van der Waals surface area contributed by atoms with Gasteiger partial charge in [-0.05, 0) is 47.1 Å². The lowest BCUT2D eigenvalue weighted by molar-refractivity contribution is -0.136. The molecule has 2 heterocycles. The predicted molar refractivity (Wildman–Crippen MR) is 178 cm³/mol. The van der Waals surface area contributed by atoms with Crippen molar-refractivity contribution < 1.29 is 9.59 Å². The average Bonchev–Trinajstić information content (AvgIpc) is 3.30. The Bertz CT molecular complexity index is 1570. The van der Waals surface area contributed by atoms with E-state index in [1.54, 1.807) is 0 Å². The van der Waals surface area contributed by atoms with Gasteiger partial charge in [0.25, 0.3) is 0 Å². The molecule has 6 rings (SSSR count). The van der Waals surface area contributed by atoms with E-state index in [9.17, 15) is 9.59 Å². The predicted octanol–water partition coefficient (Wildman–Crippen LogP) is 5.40. The van der Waals surface area contributed by atoms with Gasteiger partial charge in [0.1, 0.15) is 6.04 Å².